The average Bonchev–Trinajstić information content (AvgIpc) is 2.53. The lowest BCUT2D eigenvalue weighted by atomic mass is 9.86. The highest BCUT2D eigenvalue weighted by molar-refractivity contribution is 5.92. The molecular weight excluding hydrogens is 286 g/mol. The zero-order valence-electron chi connectivity index (χ0n) is 14.3. The second-order valence-electron chi connectivity index (χ2n) is 6.61. The highest BCUT2D eigenvalue weighted by Gasteiger charge is 2.17. The lowest BCUT2D eigenvalue weighted by molar-refractivity contribution is 0.0949. The molecule has 0 aliphatic heterocycles. The van der Waals surface area contributed by atoms with E-state index in [1.807, 2.05) is 25.1 Å². The fraction of sp³-hybridized carbons (Fsp3) is 0.368. The molecule has 122 valence electrons. The predicted octanol–water partition coefficient (Wildman–Crippen LogP) is 4.26. The van der Waals surface area contributed by atoms with Gasteiger partial charge < -0.3 is 10.6 Å². The molecule has 2 rings (SSSR count). The number of benzene rings is 1. The van der Waals surface area contributed by atoms with Gasteiger partial charge in [0, 0.05) is 12.2 Å². The first-order chi connectivity index (χ1) is 10.9. The van der Waals surface area contributed by atoms with Gasteiger partial charge in [0.1, 0.15) is 5.69 Å². The number of hydrogen-bond acceptors (Lipinski definition) is 3. The molecule has 1 amide bonds. The molecular formula is C19H25N3O. The number of pyridine rings is 1. The topological polar surface area (TPSA) is 54.0 Å². The van der Waals surface area contributed by atoms with E-state index >= 15 is 0 Å². The Morgan fingerprint density at radius 2 is 1.87 bits per heavy atom. The molecule has 1 aromatic heterocycles. The molecule has 0 saturated carbocycles. The number of hydrogen-bond donors (Lipinski definition) is 2. The molecule has 4 nitrogen and oxygen atoms in total. The Hall–Kier alpha value is -2.36. The van der Waals surface area contributed by atoms with E-state index in [0.29, 0.717) is 12.2 Å². The predicted molar refractivity (Wildman–Crippen MR) is 95.3 cm³/mol. The van der Waals surface area contributed by atoms with Crippen LogP contribution in [0.4, 0.5) is 11.4 Å². The van der Waals surface area contributed by atoms with Crippen LogP contribution < -0.4 is 10.6 Å². The fourth-order valence-electron chi connectivity index (χ4n) is 2.33. The number of para-hydroxylation sites is 1. The maximum atomic E-state index is 11.9. The van der Waals surface area contributed by atoms with Gasteiger partial charge in [-0.3, -0.25) is 4.79 Å². The molecule has 0 bridgehead atoms. The Kier molecular flexibility index (Phi) is 5.37. The van der Waals surface area contributed by atoms with Gasteiger partial charge >= 0.3 is 0 Å². The largest absolute Gasteiger partial charge is 0.354 e. The maximum absolute atomic E-state index is 11.9. The van der Waals surface area contributed by atoms with Crippen LogP contribution in [-0.4, -0.2) is 17.4 Å². The van der Waals surface area contributed by atoms with Crippen molar-refractivity contribution >= 4 is 17.3 Å². The van der Waals surface area contributed by atoms with Crippen molar-refractivity contribution in [1.82, 2.24) is 10.3 Å². The molecule has 0 fully saturated rings. The minimum atomic E-state index is -0.131. The number of rotatable bonds is 5. The molecule has 0 spiro atoms. The number of anilines is 2. The van der Waals surface area contributed by atoms with E-state index in [1.165, 1.54) is 5.56 Å². The first-order valence-corrected chi connectivity index (χ1v) is 8.02. The van der Waals surface area contributed by atoms with Crippen LogP contribution in [0.15, 0.2) is 42.6 Å². The Bertz CT molecular complexity index is 657. The summed E-state index contributed by atoms with van der Waals surface area (Å²) in [5.74, 6) is -0.131. The number of aromatic nitrogens is 1. The molecule has 1 heterocycles. The molecule has 0 unspecified atom stereocenters. The van der Waals surface area contributed by atoms with Gasteiger partial charge in [0.25, 0.3) is 5.91 Å². The highest BCUT2D eigenvalue weighted by Crippen LogP contribution is 2.31. The Morgan fingerprint density at radius 3 is 2.48 bits per heavy atom. The van der Waals surface area contributed by atoms with Gasteiger partial charge in [0.15, 0.2) is 0 Å². The van der Waals surface area contributed by atoms with E-state index in [4.69, 9.17) is 0 Å². The second-order valence-corrected chi connectivity index (χ2v) is 6.61. The van der Waals surface area contributed by atoms with Crippen molar-refractivity contribution in [3.63, 3.8) is 0 Å². The molecule has 23 heavy (non-hydrogen) atoms. The Morgan fingerprint density at radius 1 is 1.13 bits per heavy atom. The molecule has 2 N–H and O–H groups in total. The zero-order chi connectivity index (χ0) is 16.9. The van der Waals surface area contributed by atoms with Gasteiger partial charge in [-0.25, -0.2) is 4.98 Å². The van der Waals surface area contributed by atoms with E-state index in [2.05, 4.69) is 48.5 Å². The summed E-state index contributed by atoms with van der Waals surface area (Å²) in [6.07, 6.45) is 2.61. The highest BCUT2D eigenvalue weighted by atomic mass is 16.1. The summed E-state index contributed by atoms with van der Waals surface area (Å²) in [7, 11) is 0. The molecule has 4 heteroatoms. The van der Waals surface area contributed by atoms with Crippen LogP contribution in [0.5, 0.6) is 0 Å². The summed E-state index contributed by atoms with van der Waals surface area (Å²) >= 11 is 0. The van der Waals surface area contributed by atoms with Gasteiger partial charge in [-0.15, -0.1) is 0 Å². The third-order valence-corrected chi connectivity index (χ3v) is 3.55. The van der Waals surface area contributed by atoms with Crippen LogP contribution >= 0.6 is 0 Å². The smallest absolute Gasteiger partial charge is 0.269 e. The first kappa shape index (κ1) is 17.0. The van der Waals surface area contributed by atoms with E-state index in [9.17, 15) is 4.79 Å². The van der Waals surface area contributed by atoms with Gasteiger partial charge in [-0.1, -0.05) is 45.9 Å². The SMILES string of the molecule is CCCNC(=O)c1ccc(Nc2ccccc2C(C)(C)C)cn1. The lowest BCUT2D eigenvalue weighted by Gasteiger charge is -2.23. The summed E-state index contributed by atoms with van der Waals surface area (Å²) in [4.78, 5) is 16.1. The molecule has 1 aromatic carbocycles. The average molecular weight is 311 g/mol. The summed E-state index contributed by atoms with van der Waals surface area (Å²) < 4.78 is 0. The van der Waals surface area contributed by atoms with Crippen LogP contribution in [0.1, 0.15) is 50.2 Å². The van der Waals surface area contributed by atoms with E-state index in [1.54, 1.807) is 12.3 Å². The van der Waals surface area contributed by atoms with Crippen molar-refractivity contribution in [2.45, 2.75) is 39.5 Å². The van der Waals surface area contributed by atoms with Crippen LogP contribution in [0.25, 0.3) is 0 Å². The molecule has 0 aliphatic rings. The van der Waals surface area contributed by atoms with Gasteiger partial charge in [-0.2, -0.15) is 0 Å². The first-order valence-electron chi connectivity index (χ1n) is 8.02. The van der Waals surface area contributed by atoms with Crippen LogP contribution in [0.3, 0.4) is 0 Å². The third kappa shape index (κ3) is 4.55. The fourth-order valence-corrected chi connectivity index (χ4v) is 2.33. The normalized spacial score (nSPS) is 11.1. The van der Waals surface area contributed by atoms with Crippen LogP contribution in [0.2, 0.25) is 0 Å². The number of nitrogens with zero attached hydrogens (tertiary/aromatic N) is 1. The minimum Gasteiger partial charge on any atom is -0.354 e. The van der Waals surface area contributed by atoms with Gasteiger partial charge in [-0.05, 0) is 35.6 Å². The molecule has 0 radical (unpaired) electrons. The monoisotopic (exact) mass is 311 g/mol. The molecule has 0 atom stereocenters. The number of nitrogens with one attached hydrogen (secondary N) is 2. The van der Waals surface area contributed by atoms with Crippen molar-refractivity contribution in [2.75, 3.05) is 11.9 Å². The third-order valence-electron chi connectivity index (χ3n) is 3.55. The van der Waals surface area contributed by atoms with Crippen LogP contribution in [0, 0.1) is 0 Å². The Labute approximate surface area is 138 Å². The lowest BCUT2D eigenvalue weighted by Crippen LogP contribution is -2.24. The van der Waals surface area contributed by atoms with Gasteiger partial charge in [0.05, 0.1) is 11.9 Å². The van der Waals surface area contributed by atoms with Crippen molar-refractivity contribution in [3.05, 3.63) is 53.9 Å². The standard InChI is InChI=1S/C19H25N3O/c1-5-12-20-18(23)17-11-10-14(13-21-17)22-16-9-7-6-8-15(16)19(2,3)4/h6-11,13,22H,5,12H2,1-4H3,(H,20,23). The number of carbonyl (C=O) groups is 1. The summed E-state index contributed by atoms with van der Waals surface area (Å²) in [5, 5.41) is 6.22. The van der Waals surface area contributed by atoms with E-state index in [0.717, 1.165) is 17.8 Å². The number of carbonyl (C=O) groups excluding carboxylic acids is 1. The van der Waals surface area contributed by atoms with E-state index < -0.39 is 0 Å². The summed E-state index contributed by atoms with van der Waals surface area (Å²) in [6.45, 7) is 9.25. The maximum Gasteiger partial charge on any atom is 0.269 e. The van der Waals surface area contributed by atoms with Crippen molar-refractivity contribution in [2.24, 2.45) is 0 Å². The van der Waals surface area contributed by atoms with Crippen LogP contribution in [-0.2, 0) is 5.41 Å². The molecule has 2 aromatic rings. The van der Waals surface area contributed by atoms with Gasteiger partial charge in [0.2, 0.25) is 0 Å². The summed E-state index contributed by atoms with van der Waals surface area (Å²) in [5.41, 5.74) is 3.66. The van der Waals surface area contributed by atoms with E-state index in [-0.39, 0.29) is 11.3 Å². The van der Waals surface area contributed by atoms with Crippen molar-refractivity contribution < 1.29 is 4.79 Å². The summed E-state index contributed by atoms with van der Waals surface area (Å²) in [6, 6.07) is 11.9. The second kappa shape index (κ2) is 7.27. The minimum absolute atomic E-state index is 0.0526. The molecule has 0 saturated heterocycles. The Balaban J connectivity index is 2.15. The number of amides is 1. The van der Waals surface area contributed by atoms with Crippen molar-refractivity contribution in [3.8, 4) is 0 Å². The quantitative estimate of drug-likeness (QED) is 0.867. The molecule has 0 aliphatic carbocycles. The zero-order valence-corrected chi connectivity index (χ0v) is 14.3. The van der Waals surface area contributed by atoms with Crippen molar-refractivity contribution in [1.29, 1.82) is 0 Å².